The van der Waals surface area contributed by atoms with Crippen molar-refractivity contribution in [2.75, 3.05) is 0 Å². The van der Waals surface area contributed by atoms with Crippen molar-refractivity contribution in [1.29, 1.82) is 5.41 Å². The van der Waals surface area contributed by atoms with E-state index in [1.807, 2.05) is 13.8 Å². The highest BCUT2D eigenvalue weighted by atomic mass is 16.7. The molecule has 0 amide bonds. The minimum absolute atomic E-state index is 0.0110. The van der Waals surface area contributed by atoms with Gasteiger partial charge in [0.05, 0.1) is 23.7 Å². The van der Waals surface area contributed by atoms with E-state index in [4.69, 9.17) is 15.0 Å². The zero-order chi connectivity index (χ0) is 18.7. The van der Waals surface area contributed by atoms with Gasteiger partial charge in [-0.2, -0.15) is 5.10 Å². The first-order valence-corrected chi connectivity index (χ1v) is 8.51. The average molecular weight is 358 g/mol. The summed E-state index contributed by atoms with van der Waals surface area (Å²) >= 11 is 0. The summed E-state index contributed by atoms with van der Waals surface area (Å²) < 4.78 is 6.07. The van der Waals surface area contributed by atoms with E-state index in [0.717, 1.165) is 12.8 Å². The van der Waals surface area contributed by atoms with Gasteiger partial charge in [-0.05, 0) is 25.0 Å². The minimum Gasteiger partial charge on any atom is -0.486 e. The highest BCUT2D eigenvalue weighted by Crippen LogP contribution is 2.38. The Labute approximate surface area is 151 Å². The summed E-state index contributed by atoms with van der Waals surface area (Å²) in [4.78, 5) is 17.7. The molecule has 1 atom stereocenters. The molecule has 8 heteroatoms. The molecule has 1 aliphatic heterocycles. The first kappa shape index (κ1) is 18.1. The quantitative estimate of drug-likeness (QED) is 0.272. The molecule has 1 aromatic carbocycles. The van der Waals surface area contributed by atoms with E-state index in [1.54, 1.807) is 18.2 Å². The number of fused-ring (bicyclic) bond motifs is 1. The molecule has 2 heterocycles. The minimum atomic E-state index is -1.34. The molecule has 26 heavy (non-hydrogen) atoms. The van der Waals surface area contributed by atoms with E-state index in [9.17, 15) is 9.90 Å². The van der Waals surface area contributed by atoms with Crippen LogP contribution in [0.1, 0.15) is 60.9 Å². The second kappa shape index (κ2) is 7.27. The van der Waals surface area contributed by atoms with Crippen LogP contribution >= 0.6 is 0 Å². The molecule has 2 aromatic rings. The van der Waals surface area contributed by atoms with Crippen LogP contribution in [0.5, 0.6) is 5.75 Å². The topological polar surface area (TPSA) is 120 Å². The number of benzene rings is 1. The van der Waals surface area contributed by atoms with Crippen molar-refractivity contribution < 1.29 is 19.5 Å². The third-order valence-electron chi connectivity index (χ3n) is 4.75. The second-order valence-electron chi connectivity index (χ2n) is 6.28. The van der Waals surface area contributed by atoms with Gasteiger partial charge in [0.1, 0.15) is 11.4 Å². The SMILES string of the molecule is CCC1(CC)CC(=O)c2cc(C(O)ONC(=N)c3cn[nH]c3)ccc2O1. The molecule has 4 N–H and O–H groups in total. The monoisotopic (exact) mass is 358 g/mol. The van der Waals surface area contributed by atoms with Crippen LogP contribution in [0.25, 0.3) is 0 Å². The second-order valence-corrected chi connectivity index (χ2v) is 6.28. The molecule has 1 aliphatic rings. The molecule has 0 aliphatic carbocycles. The van der Waals surface area contributed by atoms with Crippen molar-refractivity contribution in [3.05, 3.63) is 47.3 Å². The van der Waals surface area contributed by atoms with Crippen LogP contribution in [0.2, 0.25) is 0 Å². The highest BCUT2D eigenvalue weighted by Gasteiger charge is 2.37. The summed E-state index contributed by atoms with van der Waals surface area (Å²) in [5.74, 6) is 0.467. The highest BCUT2D eigenvalue weighted by molar-refractivity contribution is 6.00. The Hall–Kier alpha value is -2.71. The van der Waals surface area contributed by atoms with Gasteiger partial charge in [0.25, 0.3) is 0 Å². The number of rotatable bonds is 6. The molecule has 0 spiro atoms. The maximum Gasteiger partial charge on any atom is 0.207 e. The van der Waals surface area contributed by atoms with Crippen LogP contribution in [0.4, 0.5) is 0 Å². The molecule has 0 radical (unpaired) electrons. The van der Waals surface area contributed by atoms with Crippen LogP contribution in [-0.2, 0) is 4.84 Å². The zero-order valence-electron chi connectivity index (χ0n) is 14.7. The number of aromatic nitrogens is 2. The summed E-state index contributed by atoms with van der Waals surface area (Å²) in [7, 11) is 0. The van der Waals surface area contributed by atoms with Crippen LogP contribution in [0, 0.1) is 5.41 Å². The molecule has 1 unspecified atom stereocenters. The lowest BCUT2D eigenvalue weighted by Crippen LogP contribution is -2.41. The van der Waals surface area contributed by atoms with Gasteiger partial charge >= 0.3 is 0 Å². The Morgan fingerprint density at radius 2 is 2.27 bits per heavy atom. The van der Waals surface area contributed by atoms with Crippen molar-refractivity contribution in [1.82, 2.24) is 15.7 Å². The lowest BCUT2D eigenvalue weighted by molar-refractivity contribution is -0.131. The van der Waals surface area contributed by atoms with Gasteiger partial charge in [-0.25, -0.2) is 10.3 Å². The maximum absolute atomic E-state index is 12.6. The van der Waals surface area contributed by atoms with Crippen molar-refractivity contribution >= 4 is 11.6 Å². The predicted molar refractivity (Wildman–Crippen MR) is 93.9 cm³/mol. The smallest absolute Gasteiger partial charge is 0.207 e. The summed E-state index contributed by atoms with van der Waals surface area (Å²) in [6.45, 7) is 4.02. The first-order chi connectivity index (χ1) is 12.5. The Kier molecular flexibility index (Phi) is 5.06. The standard InChI is InChI=1S/C18H22N4O4/c1-3-18(4-2)8-14(23)13-7-11(5-6-15(13)25-18)17(24)26-22-16(19)12-9-20-21-10-12/h5-7,9-10,17,24H,3-4,8H2,1-2H3,(H2,19,22)(H,20,21). The van der Waals surface area contributed by atoms with Gasteiger partial charge in [-0.1, -0.05) is 19.9 Å². The predicted octanol–water partition coefficient (Wildman–Crippen LogP) is 2.47. The fourth-order valence-electron chi connectivity index (χ4n) is 2.94. The number of nitrogens with one attached hydrogen (secondary N) is 3. The van der Waals surface area contributed by atoms with Gasteiger partial charge < -0.3 is 9.84 Å². The van der Waals surface area contributed by atoms with Gasteiger partial charge in [0, 0.05) is 11.8 Å². The van der Waals surface area contributed by atoms with Gasteiger partial charge in [0.2, 0.25) is 6.29 Å². The van der Waals surface area contributed by atoms with Crippen LogP contribution < -0.4 is 10.2 Å². The molecule has 138 valence electrons. The zero-order valence-corrected chi connectivity index (χ0v) is 14.7. The number of amidine groups is 1. The summed E-state index contributed by atoms with van der Waals surface area (Å²) in [5.41, 5.74) is 3.23. The molecule has 8 nitrogen and oxygen atoms in total. The van der Waals surface area contributed by atoms with Crippen molar-refractivity contribution in [2.45, 2.75) is 45.0 Å². The number of nitrogens with zero attached hydrogens (tertiary/aromatic N) is 1. The van der Waals surface area contributed by atoms with Crippen LogP contribution in [0.15, 0.2) is 30.6 Å². The Morgan fingerprint density at radius 1 is 1.50 bits per heavy atom. The number of aliphatic hydroxyl groups excluding tert-OH is 1. The number of ether oxygens (including phenoxy) is 1. The lowest BCUT2D eigenvalue weighted by Gasteiger charge is -2.36. The normalized spacial score (nSPS) is 16.5. The Balaban J connectivity index is 1.71. The molecule has 3 rings (SSSR count). The first-order valence-electron chi connectivity index (χ1n) is 8.51. The molecule has 0 saturated carbocycles. The number of aliphatic hydroxyl groups is 1. The number of hydrogen-bond donors (Lipinski definition) is 4. The number of Topliss-reactive ketones (excluding diaryl/α,β-unsaturated/α-hetero) is 1. The van der Waals surface area contributed by atoms with Crippen molar-refractivity contribution in [2.24, 2.45) is 0 Å². The molecule has 1 aromatic heterocycles. The van der Waals surface area contributed by atoms with E-state index in [0.29, 0.717) is 28.9 Å². The molecule has 0 saturated heterocycles. The molecular formula is C18H22N4O4. The third kappa shape index (κ3) is 3.47. The van der Waals surface area contributed by atoms with E-state index in [-0.39, 0.29) is 11.6 Å². The van der Waals surface area contributed by atoms with Gasteiger partial charge in [0.15, 0.2) is 11.6 Å². The summed E-state index contributed by atoms with van der Waals surface area (Å²) in [5, 5.41) is 24.3. The molecule has 0 fully saturated rings. The number of carbonyl (C=O) groups is 1. The fraction of sp³-hybridized carbons (Fsp3) is 0.389. The van der Waals surface area contributed by atoms with E-state index < -0.39 is 11.9 Å². The number of H-pyrrole nitrogens is 1. The lowest BCUT2D eigenvalue weighted by atomic mass is 9.85. The van der Waals surface area contributed by atoms with E-state index in [1.165, 1.54) is 12.4 Å². The fourth-order valence-corrected chi connectivity index (χ4v) is 2.94. The third-order valence-corrected chi connectivity index (χ3v) is 4.75. The summed E-state index contributed by atoms with van der Waals surface area (Å²) in [6, 6.07) is 4.89. The number of carbonyl (C=O) groups excluding carboxylic acids is 1. The van der Waals surface area contributed by atoms with Crippen LogP contribution in [-0.4, -0.2) is 32.5 Å². The number of hydrogen-bond acceptors (Lipinski definition) is 6. The van der Waals surface area contributed by atoms with E-state index in [2.05, 4.69) is 15.7 Å². The largest absolute Gasteiger partial charge is 0.486 e. The molecular weight excluding hydrogens is 336 g/mol. The summed E-state index contributed by atoms with van der Waals surface area (Å²) in [6.07, 6.45) is 3.45. The number of hydroxylamine groups is 1. The van der Waals surface area contributed by atoms with Crippen LogP contribution in [0.3, 0.4) is 0 Å². The number of aromatic amines is 1. The van der Waals surface area contributed by atoms with Crippen molar-refractivity contribution in [3.63, 3.8) is 0 Å². The average Bonchev–Trinajstić information content (AvgIpc) is 3.20. The molecule has 0 bridgehead atoms. The van der Waals surface area contributed by atoms with E-state index >= 15 is 0 Å². The Morgan fingerprint density at radius 3 is 2.92 bits per heavy atom. The Bertz CT molecular complexity index is 800. The number of ketones is 1. The maximum atomic E-state index is 12.6. The van der Waals surface area contributed by atoms with Gasteiger partial charge in [-0.15, -0.1) is 0 Å². The van der Waals surface area contributed by atoms with Gasteiger partial charge in [-0.3, -0.25) is 15.3 Å². The van der Waals surface area contributed by atoms with Crippen molar-refractivity contribution in [3.8, 4) is 5.75 Å².